The molecule has 0 aliphatic heterocycles. The van der Waals surface area contributed by atoms with E-state index in [-0.39, 0.29) is 18.9 Å². The van der Waals surface area contributed by atoms with Crippen molar-refractivity contribution in [3.8, 4) is 0 Å². The molecular weight excluding hydrogens is 184 g/mol. The Hall–Kier alpha value is -1.06. The van der Waals surface area contributed by atoms with Crippen LogP contribution in [0.3, 0.4) is 0 Å². The molecule has 0 heterocycles. The number of carboxylic acid groups (broad SMARTS) is 1. The predicted molar refractivity (Wildman–Crippen MR) is 49.8 cm³/mol. The van der Waals surface area contributed by atoms with Crippen molar-refractivity contribution in [1.29, 1.82) is 0 Å². The number of hydrogen-bond donors (Lipinski definition) is 1. The Morgan fingerprint density at radius 2 is 1.86 bits per heavy atom. The van der Waals surface area contributed by atoms with E-state index in [2.05, 4.69) is 0 Å². The molecule has 0 aromatic rings. The highest BCUT2D eigenvalue weighted by Crippen LogP contribution is 2.33. The third-order valence-corrected chi connectivity index (χ3v) is 2.81. The molecule has 4 nitrogen and oxygen atoms in total. The lowest BCUT2D eigenvalue weighted by Crippen LogP contribution is -2.40. The van der Waals surface area contributed by atoms with Gasteiger partial charge in [0.25, 0.3) is 0 Å². The van der Waals surface area contributed by atoms with Crippen molar-refractivity contribution in [3.05, 3.63) is 0 Å². The number of rotatable bonds is 5. The summed E-state index contributed by atoms with van der Waals surface area (Å²) in [7, 11) is 0. The summed E-state index contributed by atoms with van der Waals surface area (Å²) in [4.78, 5) is 22.6. The van der Waals surface area contributed by atoms with Crippen LogP contribution >= 0.6 is 0 Å². The Kier molecular flexibility index (Phi) is 3.13. The van der Waals surface area contributed by atoms with Crippen LogP contribution in [-0.2, 0) is 14.3 Å². The molecule has 1 saturated carbocycles. The van der Waals surface area contributed by atoms with Crippen LogP contribution in [0.4, 0.5) is 0 Å². The fraction of sp³-hybridized carbons (Fsp3) is 0.800. The Morgan fingerprint density at radius 1 is 1.36 bits per heavy atom. The fourth-order valence-electron chi connectivity index (χ4n) is 1.38. The zero-order valence-corrected chi connectivity index (χ0v) is 8.58. The lowest BCUT2D eigenvalue weighted by atomic mass is 9.82. The number of hydrogen-bond acceptors (Lipinski definition) is 3. The molecule has 1 rings (SSSR count). The van der Waals surface area contributed by atoms with Crippen LogP contribution < -0.4 is 0 Å². The zero-order chi connectivity index (χ0) is 10.8. The smallest absolute Gasteiger partial charge is 0.323 e. The Balaban J connectivity index is 2.72. The van der Waals surface area contributed by atoms with E-state index < -0.39 is 17.4 Å². The van der Waals surface area contributed by atoms with Crippen molar-refractivity contribution in [1.82, 2.24) is 0 Å². The van der Waals surface area contributed by atoms with Gasteiger partial charge >= 0.3 is 11.9 Å². The van der Waals surface area contributed by atoms with Gasteiger partial charge in [0.05, 0.1) is 0 Å². The second kappa shape index (κ2) is 3.98. The standard InChI is InChI=1S/C10H16O4/c1-3-10(4-2,8(11)12)9(13)14-7-5-6-7/h7H,3-6H2,1-2H3,(H,11,12). The third-order valence-electron chi connectivity index (χ3n) is 2.81. The summed E-state index contributed by atoms with van der Waals surface area (Å²) in [6, 6.07) is 0. The predicted octanol–water partition coefficient (Wildman–Crippen LogP) is 1.58. The van der Waals surface area contributed by atoms with Gasteiger partial charge in [-0.05, 0) is 25.7 Å². The first-order valence-corrected chi connectivity index (χ1v) is 5.01. The highest BCUT2D eigenvalue weighted by Gasteiger charge is 2.46. The second-order valence-corrected chi connectivity index (χ2v) is 3.70. The lowest BCUT2D eigenvalue weighted by Gasteiger charge is -2.24. The summed E-state index contributed by atoms with van der Waals surface area (Å²) in [5, 5.41) is 9.03. The molecule has 4 heteroatoms. The molecule has 0 aromatic carbocycles. The maximum Gasteiger partial charge on any atom is 0.323 e. The van der Waals surface area contributed by atoms with Gasteiger partial charge in [-0.3, -0.25) is 9.59 Å². The maximum absolute atomic E-state index is 11.6. The topological polar surface area (TPSA) is 63.6 Å². The Labute approximate surface area is 83.2 Å². The molecule has 0 atom stereocenters. The van der Waals surface area contributed by atoms with E-state index in [0.717, 1.165) is 12.8 Å². The minimum atomic E-state index is -1.33. The molecule has 0 amide bonds. The van der Waals surface area contributed by atoms with Gasteiger partial charge in [0.2, 0.25) is 0 Å². The summed E-state index contributed by atoms with van der Waals surface area (Å²) in [6.07, 6.45) is 2.28. The normalized spacial score (nSPS) is 16.4. The number of aliphatic carboxylic acids is 1. The van der Waals surface area contributed by atoms with Gasteiger partial charge in [-0.2, -0.15) is 0 Å². The van der Waals surface area contributed by atoms with E-state index in [0.29, 0.717) is 0 Å². The monoisotopic (exact) mass is 200 g/mol. The summed E-state index contributed by atoms with van der Waals surface area (Å²) in [6.45, 7) is 3.40. The molecule has 0 saturated heterocycles. The van der Waals surface area contributed by atoms with E-state index in [1.54, 1.807) is 13.8 Å². The molecule has 0 spiro atoms. The van der Waals surface area contributed by atoms with Crippen LogP contribution in [-0.4, -0.2) is 23.1 Å². The first kappa shape index (κ1) is 11.0. The lowest BCUT2D eigenvalue weighted by molar-refractivity contribution is -0.170. The third kappa shape index (κ3) is 1.89. The summed E-state index contributed by atoms with van der Waals surface area (Å²) in [5.41, 5.74) is -1.33. The molecule has 80 valence electrons. The van der Waals surface area contributed by atoms with Crippen LogP contribution in [0, 0.1) is 5.41 Å². The van der Waals surface area contributed by atoms with Gasteiger partial charge in [0.15, 0.2) is 5.41 Å². The first-order valence-electron chi connectivity index (χ1n) is 5.01. The van der Waals surface area contributed by atoms with Crippen molar-refractivity contribution in [2.45, 2.75) is 45.6 Å². The van der Waals surface area contributed by atoms with E-state index >= 15 is 0 Å². The van der Waals surface area contributed by atoms with Gasteiger partial charge in [0, 0.05) is 0 Å². The Morgan fingerprint density at radius 3 is 2.14 bits per heavy atom. The number of esters is 1. The van der Waals surface area contributed by atoms with Gasteiger partial charge in [0.1, 0.15) is 6.10 Å². The Bertz CT molecular complexity index is 239. The molecule has 1 aliphatic rings. The van der Waals surface area contributed by atoms with Crippen LogP contribution in [0.25, 0.3) is 0 Å². The molecular formula is C10H16O4. The SMILES string of the molecule is CCC(CC)(C(=O)O)C(=O)OC1CC1. The average molecular weight is 200 g/mol. The van der Waals surface area contributed by atoms with Crippen LogP contribution in [0.2, 0.25) is 0 Å². The van der Waals surface area contributed by atoms with Crippen LogP contribution in [0.5, 0.6) is 0 Å². The minimum Gasteiger partial charge on any atom is -0.480 e. The fourth-order valence-corrected chi connectivity index (χ4v) is 1.38. The largest absolute Gasteiger partial charge is 0.480 e. The summed E-state index contributed by atoms with van der Waals surface area (Å²) < 4.78 is 5.05. The molecule has 1 N–H and O–H groups in total. The number of carboxylic acids is 1. The first-order chi connectivity index (χ1) is 6.56. The second-order valence-electron chi connectivity index (χ2n) is 3.70. The average Bonchev–Trinajstić information content (AvgIpc) is 2.90. The minimum absolute atomic E-state index is 0.0284. The van der Waals surface area contributed by atoms with Gasteiger partial charge in [-0.1, -0.05) is 13.8 Å². The molecule has 0 unspecified atom stereocenters. The highest BCUT2D eigenvalue weighted by atomic mass is 16.6. The molecule has 0 aromatic heterocycles. The van der Waals surface area contributed by atoms with Gasteiger partial charge in [-0.15, -0.1) is 0 Å². The maximum atomic E-state index is 11.6. The van der Waals surface area contributed by atoms with E-state index in [4.69, 9.17) is 9.84 Å². The van der Waals surface area contributed by atoms with Crippen molar-refractivity contribution in [2.24, 2.45) is 5.41 Å². The van der Waals surface area contributed by atoms with E-state index in [1.165, 1.54) is 0 Å². The number of carbonyl (C=O) groups is 2. The van der Waals surface area contributed by atoms with Crippen molar-refractivity contribution < 1.29 is 19.4 Å². The van der Waals surface area contributed by atoms with Gasteiger partial charge in [-0.25, -0.2) is 0 Å². The molecule has 1 fully saturated rings. The van der Waals surface area contributed by atoms with Crippen LogP contribution in [0.15, 0.2) is 0 Å². The van der Waals surface area contributed by atoms with E-state index in [9.17, 15) is 9.59 Å². The summed E-state index contributed by atoms with van der Waals surface area (Å²) in [5.74, 6) is -1.65. The van der Waals surface area contributed by atoms with E-state index in [1.807, 2.05) is 0 Å². The van der Waals surface area contributed by atoms with Crippen molar-refractivity contribution in [3.63, 3.8) is 0 Å². The van der Waals surface area contributed by atoms with Crippen LogP contribution in [0.1, 0.15) is 39.5 Å². The number of ether oxygens (including phenoxy) is 1. The molecule has 1 aliphatic carbocycles. The molecule has 0 radical (unpaired) electrons. The number of carbonyl (C=O) groups excluding carboxylic acids is 1. The van der Waals surface area contributed by atoms with Crippen molar-refractivity contribution in [2.75, 3.05) is 0 Å². The highest BCUT2D eigenvalue weighted by molar-refractivity contribution is 5.99. The quantitative estimate of drug-likeness (QED) is 0.540. The zero-order valence-electron chi connectivity index (χ0n) is 8.58. The molecule has 14 heavy (non-hydrogen) atoms. The molecule has 0 bridgehead atoms. The van der Waals surface area contributed by atoms with Gasteiger partial charge < -0.3 is 9.84 Å². The summed E-state index contributed by atoms with van der Waals surface area (Å²) >= 11 is 0. The van der Waals surface area contributed by atoms with Crippen molar-refractivity contribution >= 4 is 11.9 Å².